The molecule has 0 aliphatic carbocycles. The zero-order chi connectivity index (χ0) is 14.6. The van der Waals surface area contributed by atoms with Crippen LogP contribution in [0.15, 0.2) is 12.3 Å². The van der Waals surface area contributed by atoms with E-state index in [1.165, 1.54) is 0 Å². The Kier molecular flexibility index (Phi) is 2.55. The molecular formula is C14H19N5O2. The second kappa shape index (κ2) is 4.22. The van der Waals surface area contributed by atoms with Gasteiger partial charge in [0, 0.05) is 57.5 Å². The number of nitrogens with one attached hydrogen (secondary N) is 1. The van der Waals surface area contributed by atoms with Crippen LogP contribution in [0, 0.1) is 5.92 Å². The van der Waals surface area contributed by atoms with E-state index in [9.17, 15) is 9.59 Å². The van der Waals surface area contributed by atoms with Gasteiger partial charge in [0.2, 0.25) is 5.91 Å². The lowest BCUT2D eigenvalue weighted by Crippen LogP contribution is -2.70. The van der Waals surface area contributed by atoms with Gasteiger partial charge in [0.1, 0.15) is 0 Å². The molecule has 2 saturated heterocycles. The van der Waals surface area contributed by atoms with Crippen LogP contribution in [-0.2, 0) is 17.8 Å². The zero-order valence-electron chi connectivity index (χ0n) is 12.1. The lowest BCUT2D eigenvalue weighted by Gasteiger charge is -2.51. The molecule has 3 amide bonds. The monoisotopic (exact) mass is 289 g/mol. The number of aromatic nitrogens is 2. The Labute approximate surface area is 122 Å². The third kappa shape index (κ3) is 1.76. The van der Waals surface area contributed by atoms with Gasteiger partial charge >= 0.3 is 6.03 Å². The van der Waals surface area contributed by atoms with Gasteiger partial charge in [0.15, 0.2) is 0 Å². The van der Waals surface area contributed by atoms with Crippen LogP contribution in [-0.4, -0.2) is 63.7 Å². The molecule has 0 aromatic carbocycles. The number of likely N-dealkylation sites (tertiary alicyclic amines) is 1. The SMILES string of the molecule is CN1C(=O)NCC12CN(C(=O)C1CCn3nccc3C1)C2. The van der Waals surface area contributed by atoms with Gasteiger partial charge in [-0.1, -0.05) is 0 Å². The number of amides is 3. The summed E-state index contributed by atoms with van der Waals surface area (Å²) in [7, 11) is 1.81. The molecule has 0 bridgehead atoms. The summed E-state index contributed by atoms with van der Waals surface area (Å²) in [4.78, 5) is 27.8. The van der Waals surface area contributed by atoms with E-state index in [1.807, 2.05) is 22.7 Å². The average molecular weight is 289 g/mol. The first-order valence-electron chi connectivity index (χ1n) is 7.40. The Hall–Kier alpha value is -2.05. The molecule has 1 aromatic rings. The van der Waals surface area contributed by atoms with Crippen molar-refractivity contribution in [2.24, 2.45) is 5.92 Å². The molecule has 7 heteroatoms. The van der Waals surface area contributed by atoms with E-state index in [4.69, 9.17) is 0 Å². The molecule has 7 nitrogen and oxygen atoms in total. The van der Waals surface area contributed by atoms with Crippen LogP contribution in [0.2, 0.25) is 0 Å². The van der Waals surface area contributed by atoms with Gasteiger partial charge in [-0.15, -0.1) is 0 Å². The van der Waals surface area contributed by atoms with E-state index in [2.05, 4.69) is 10.4 Å². The van der Waals surface area contributed by atoms with Crippen LogP contribution < -0.4 is 5.32 Å². The molecule has 4 heterocycles. The van der Waals surface area contributed by atoms with Crippen molar-refractivity contribution >= 4 is 11.9 Å². The van der Waals surface area contributed by atoms with Gasteiger partial charge in [0.05, 0.1) is 5.54 Å². The standard InChI is InChI=1S/C14H19N5O2/c1-17-13(21)15-7-14(17)8-18(9-14)12(20)10-3-5-19-11(6-10)2-4-16-19/h2,4,10H,3,5-9H2,1H3,(H,15,21). The maximum Gasteiger partial charge on any atom is 0.317 e. The molecule has 1 N–H and O–H groups in total. The number of aryl methyl sites for hydroxylation is 1. The summed E-state index contributed by atoms with van der Waals surface area (Å²) in [6, 6.07) is 1.95. The van der Waals surface area contributed by atoms with Gasteiger partial charge in [-0.2, -0.15) is 5.10 Å². The molecule has 1 atom stereocenters. The summed E-state index contributed by atoms with van der Waals surface area (Å²) >= 11 is 0. The first kappa shape index (κ1) is 12.7. The minimum atomic E-state index is -0.177. The highest BCUT2D eigenvalue weighted by atomic mass is 16.2. The molecular weight excluding hydrogens is 270 g/mol. The number of fused-ring (bicyclic) bond motifs is 1. The molecule has 4 rings (SSSR count). The number of hydrogen-bond donors (Lipinski definition) is 1. The molecule has 0 radical (unpaired) electrons. The van der Waals surface area contributed by atoms with Gasteiger partial charge in [-0.25, -0.2) is 4.79 Å². The second-order valence-corrected chi connectivity index (χ2v) is 6.37. The summed E-state index contributed by atoms with van der Waals surface area (Å²) in [5, 5.41) is 7.09. The first-order valence-corrected chi connectivity index (χ1v) is 7.40. The first-order chi connectivity index (χ1) is 10.1. The molecule has 3 aliphatic rings. The highest BCUT2D eigenvalue weighted by Gasteiger charge is 2.54. The lowest BCUT2D eigenvalue weighted by molar-refractivity contribution is -0.147. The number of nitrogens with zero attached hydrogens (tertiary/aromatic N) is 4. The summed E-state index contributed by atoms with van der Waals surface area (Å²) < 4.78 is 1.98. The van der Waals surface area contributed by atoms with Crippen LogP contribution >= 0.6 is 0 Å². The number of rotatable bonds is 1. The van der Waals surface area contributed by atoms with E-state index >= 15 is 0 Å². The minimum Gasteiger partial charge on any atom is -0.337 e. The Morgan fingerprint density at radius 3 is 3.00 bits per heavy atom. The van der Waals surface area contributed by atoms with Gasteiger partial charge in [-0.3, -0.25) is 9.48 Å². The fourth-order valence-electron chi connectivity index (χ4n) is 3.67. The van der Waals surface area contributed by atoms with Gasteiger partial charge in [0.25, 0.3) is 0 Å². The van der Waals surface area contributed by atoms with Crippen LogP contribution in [0.25, 0.3) is 0 Å². The number of carbonyl (C=O) groups excluding carboxylic acids is 2. The Morgan fingerprint density at radius 2 is 2.29 bits per heavy atom. The van der Waals surface area contributed by atoms with Crippen molar-refractivity contribution in [3.8, 4) is 0 Å². The molecule has 1 unspecified atom stereocenters. The Balaban J connectivity index is 1.41. The quantitative estimate of drug-likeness (QED) is 0.770. The predicted molar refractivity (Wildman–Crippen MR) is 74.5 cm³/mol. The smallest absolute Gasteiger partial charge is 0.317 e. The molecule has 1 spiro atoms. The third-order valence-corrected chi connectivity index (χ3v) is 5.17. The maximum absolute atomic E-state index is 12.6. The summed E-state index contributed by atoms with van der Waals surface area (Å²) in [6.45, 7) is 2.76. The lowest BCUT2D eigenvalue weighted by atomic mass is 9.86. The maximum atomic E-state index is 12.6. The number of urea groups is 1. The Morgan fingerprint density at radius 1 is 1.48 bits per heavy atom. The highest BCUT2D eigenvalue weighted by Crippen LogP contribution is 2.32. The summed E-state index contributed by atoms with van der Waals surface area (Å²) in [5.41, 5.74) is 0.966. The van der Waals surface area contributed by atoms with Crippen molar-refractivity contribution in [1.82, 2.24) is 24.9 Å². The van der Waals surface area contributed by atoms with E-state index in [-0.39, 0.29) is 23.4 Å². The number of likely N-dealkylation sites (N-methyl/N-ethyl adjacent to an activating group) is 1. The molecule has 112 valence electrons. The average Bonchev–Trinajstić information content (AvgIpc) is 3.02. The fraction of sp³-hybridized carbons (Fsp3) is 0.643. The van der Waals surface area contributed by atoms with Crippen molar-refractivity contribution in [3.05, 3.63) is 18.0 Å². The normalized spacial score (nSPS) is 26.5. The highest BCUT2D eigenvalue weighted by molar-refractivity contribution is 5.83. The topological polar surface area (TPSA) is 70.5 Å². The molecule has 21 heavy (non-hydrogen) atoms. The van der Waals surface area contributed by atoms with Crippen molar-refractivity contribution in [3.63, 3.8) is 0 Å². The van der Waals surface area contributed by atoms with E-state index < -0.39 is 0 Å². The largest absolute Gasteiger partial charge is 0.337 e. The van der Waals surface area contributed by atoms with Crippen molar-refractivity contribution in [1.29, 1.82) is 0 Å². The summed E-state index contributed by atoms with van der Waals surface area (Å²) in [6.07, 6.45) is 3.42. The predicted octanol–water partition coefficient (Wildman–Crippen LogP) is -0.318. The number of hydrogen-bond acceptors (Lipinski definition) is 3. The van der Waals surface area contributed by atoms with Crippen LogP contribution in [0.5, 0.6) is 0 Å². The fourth-order valence-corrected chi connectivity index (χ4v) is 3.67. The van der Waals surface area contributed by atoms with E-state index in [0.29, 0.717) is 19.6 Å². The second-order valence-electron chi connectivity index (χ2n) is 6.37. The van der Waals surface area contributed by atoms with Crippen molar-refractivity contribution < 1.29 is 9.59 Å². The number of carbonyl (C=O) groups is 2. The van der Waals surface area contributed by atoms with Gasteiger partial charge in [-0.05, 0) is 12.5 Å². The van der Waals surface area contributed by atoms with Crippen molar-refractivity contribution in [2.45, 2.75) is 24.9 Å². The molecule has 2 fully saturated rings. The molecule has 1 aromatic heterocycles. The molecule has 0 saturated carbocycles. The van der Waals surface area contributed by atoms with Crippen LogP contribution in [0.1, 0.15) is 12.1 Å². The Bertz CT molecular complexity index is 604. The van der Waals surface area contributed by atoms with Gasteiger partial charge < -0.3 is 15.1 Å². The van der Waals surface area contributed by atoms with E-state index in [1.54, 1.807) is 11.1 Å². The zero-order valence-corrected chi connectivity index (χ0v) is 12.1. The van der Waals surface area contributed by atoms with Crippen LogP contribution in [0.4, 0.5) is 4.79 Å². The van der Waals surface area contributed by atoms with Crippen LogP contribution in [0.3, 0.4) is 0 Å². The van der Waals surface area contributed by atoms with Crippen molar-refractivity contribution in [2.75, 3.05) is 26.7 Å². The third-order valence-electron chi connectivity index (χ3n) is 5.17. The van der Waals surface area contributed by atoms with E-state index in [0.717, 1.165) is 25.1 Å². The summed E-state index contributed by atoms with van der Waals surface area (Å²) in [5.74, 6) is 0.280. The minimum absolute atomic E-state index is 0.0383. The molecule has 3 aliphatic heterocycles.